The number of aliphatic hydroxyl groups is 2. The van der Waals surface area contributed by atoms with Gasteiger partial charge in [0.15, 0.2) is 0 Å². The summed E-state index contributed by atoms with van der Waals surface area (Å²) in [6.45, 7) is 2.85. The van der Waals surface area contributed by atoms with Gasteiger partial charge in [0, 0.05) is 13.1 Å². The molecule has 0 aromatic heterocycles. The van der Waals surface area contributed by atoms with E-state index in [-0.39, 0.29) is 18.4 Å². The molecule has 1 saturated heterocycles. The molecule has 13 heavy (non-hydrogen) atoms. The maximum absolute atomic E-state index is 11.2. The molecular formula is C9H17NO3. The van der Waals surface area contributed by atoms with Gasteiger partial charge in [-0.1, -0.05) is 0 Å². The molecule has 2 atom stereocenters. The second kappa shape index (κ2) is 4.58. The van der Waals surface area contributed by atoms with Crippen LogP contribution in [0.2, 0.25) is 0 Å². The second-order valence-electron chi connectivity index (χ2n) is 3.69. The van der Waals surface area contributed by atoms with E-state index < -0.39 is 6.10 Å². The fourth-order valence-corrected chi connectivity index (χ4v) is 1.54. The standard InChI is InChI=1S/C9H17NO3/c1-7(11)3-2-4-10-6-8(12)5-9(10)13/h7-8,11-12H,2-6H2,1H3. The summed E-state index contributed by atoms with van der Waals surface area (Å²) >= 11 is 0. The lowest BCUT2D eigenvalue weighted by molar-refractivity contribution is -0.127. The lowest BCUT2D eigenvalue weighted by atomic mass is 10.2. The Hall–Kier alpha value is -0.610. The van der Waals surface area contributed by atoms with Crippen LogP contribution in [0, 0.1) is 0 Å². The normalized spacial score (nSPS) is 25.3. The molecule has 1 aliphatic heterocycles. The van der Waals surface area contributed by atoms with Crippen molar-refractivity contribution in [3.63, 3.8) is 0 Å². The SMILES string of the molecule is CC(O)CCCN1CC(O)CC1=O. The summed E-state index contributed by atoms with van der Waals surface area (Å²) in [6.07, 6.45) is 0.978. The first-order valence-corrected chi connectivity index (χ1v) is 4.73. The monoisotopic (exact) mass is 187 g/mol. The lowest BCUT2D eigenvalue weighted by Crippen LogP contribution is -2.27. The van der Waals surface area contributed by atoms with E-state index in [0.29, 0.717) is 19.5 Å². The molecule has 1 rings (SSSR count). The van der Waals surface area contributed by atoms with Crippen LogP contribution < -0.4 is 0 Å². The van der Waals surface area contributed by atoms with Crippen LogP contribution in [-0.2, 0) is 4.79 Å². The van der Waals surface area contributed by atoms with E-state index in [4.69, 9.17) is 10.2 Å². The van der Waals surface area contributed by atoms with Crippen molar-refractivity contribution in [2.75, 3.05) is 13.1 Å². The van der Waals surface area contributed by atoms with Gasteiger partial charge in [-0.3, -0.25) is 4.79 Å². The Bertz CT molecular complexity index is 182. The molecule has 2 unspecified atom stereocenters. The first-order chi connectivity index (χ1) is 6.09. The van der Waals surface area contributed by atoms with E-state index in [1.807, 2.05) is 0 Å². The second-order valence-corrected chi connectivity index (χ2v) is 3.69. The highest BCUT2D eigenvalue weighted by Gasteiger charge is 2.27. The van der Waals surface area contributed by atoms with Gasteiger partial charge >= 0.3 is 0 Å². The zero-order chi connectivity index (χ0) is 9.84. The van der Waals surface area contributed by atoms with Crippen molar-refractivity contribution in [2.45, 2.75) is 38.4 Å². The molecule has 0 saturated carbocycles. The summed E-state index contributed by atoms with van der Waals surface area (Å²) in [5.74, 6) is 0.0260. The van der Waals surface area contributed by atoms with Gasteiger partial charge in [-0.25, -0.2) is 0 Å². The number of likely N-dealkylation sites (tertiary alicyclic amines) is 1. The van der Waals surface area contributed by atoms with Crippen LogP contribution >= 0.6 is 0 Å². The lowest BCUT2D eigenvalue weighted by Gasteiger charge is -2.15. The molecule has 0 radical (unpaired) electrons. The average Bonchev–Trinajstić information content (AvgIpc) is 2.29. The van der Waals surface area contributed by atoms with Crippen LogP contribution in [0.3, 0.4) is 0 Å². The maximum Gasteiger partial charge on any atom is 0.225 e. The Morgan fingerprint density at radius 3 is 2.85 bits per heavy atom. The van der Waals surface area contributed by atoms with Crippen LogP contribution in [0.4, 0.5) is 0 Å². The van der Waals surface area contributed by atoms with Gasteiger partial charge in [0.2, 0.25) is 5.91 Å². The highest BCUT2D eigenvalue weighted by molar-refractivity contribution is 5.78. The Kier molecular flexibility index (Phi) is 3.69. The van der Waals surface area contributed by atoms with Crippen LogP contribution in [0.1, 0.15) is 26.2 Å². The van der Waals surface area contributed by atoms with Gasteiger partial charge in [0.05, 0.1) is 18.6 Å². The minimum atomic E-state index is -0.487. The largest absolute Gasteiger partial charge is 0.393 e. The molecule has 4 nitrogen and oxygen atoms in total. The van der Waals surface area contributed by atoms with Crippen LogP contribution in [0.25, 0.3) is 0 Å². The third-order valence-corrected chi connectivity index (χ3v) is 2.24. The van der Waals surface area contributed by atoms with E-state index in [1.165, 1.54) is 0 Å². The van der Waals surface area contributed by atoms with E-state index in [9.17, 15) is 4.79 Å². The third kappa shape index (κ3) is 3.32. The summed E-state index contributed by atoms with van der Waals surface area (Å²) in [5, 5.41) is 18.2. The van der Waals surface area contributed by atoms with E-state index in [0.717, 1.165) is 6.42 Å². The Labute approximate surface area is 78.2 Å². The average molecular weight is 187 g/mol. The van der Waals surface area contributed by atoms with E-state index >= 15 is 0 Å². The van der Waals surface area contributed by atoms with E-state index in [2.05, 4.69) is 0 Å². The van der Waals surface area contributed by atoms with Crippen molar-refractivity contribution >= 4 is 5.91 Å². The summed E-state index contributed by atoms with van der Waals surface area (Å²) in [7, 11) is 0. The topological polar surface area (TPSA) is 60.8 Å². The molecule has 0 spiro atoms. The van der Waals surface area contributed by atoms with Gasteiger partial charge in [-0.05, 0) is 19.8 Å². The quantitative estimate of drug-likeness (QED) is 0.637. The van der Waals surface area contributed by atoms with Gasteiger partial charge in [-0.15, -0.1) is 0 Å². The molecule has 0 aromatic carbocycles. The van der Waals surface area contributed by atoms with Crippen molar-refractivity contribution in [1.29, 1.82) is 0 Å². The molecule has 2 N–H and O–H groups in total. The zero-order valence-corrected chi connectivity index (χ0v) is 7.94. The summed E-state index contributed by atoms with van der Waals surface area (Å²) < 4.78 is 0. The van der Waals surface area contributed by atoms with Gasteiger partial charge in [0.1, 0.15) is 0 Å². The molecule has 0 aliphatic carbocycles. The highest BCUT2D eigenvalue weighted by Crippen LogP contribution is 2.11. The summed E-state index contributed by atoms with van der Waals surface area (Å²) in [5.41, 5.74) is 0. The van der Waals surface area contributed by atoms with Crippen LogP contribution in [-0.4, -0.2) is 46.3 Å². The number of aliphatic hydroxyl groups excluding tert-OH is 2. The van der Waals surface area contributed by atoms with Crippen molar-refractivity contribution in [3.05, 3.63) is 0 Å². The number of hydrogen-bond acceptors (Lipinski definition) is 3. The van der Waals surface area contributed by atoms with E-state index in [1.54, 1.807) is 11.8 Å². The zero-order valence-electron chi connectivity index (χ0n) is 7.94. The third-order valence-electron chi connectivity index (χ3n) is 2.24. The van der Waals surface area contributed by atoms with Crippen LogP contribution in [0.15, 0.2) is 0 Å². The molecule has 4 heteroatoms. The molecule has 1 amide bonds. The molecule has 0 aromatic rings. The van der Waals surface area contributed by atoms with Gasteiger partial charge in [-0.2, -0.15) is 0 Å². The predicted molar refractivity (Wildman–Crippen MR) is 48.1 cm³/mol. The predicted octanol–water partition coefficient (Wildman–Crippen LogP) is -0.259. The van der Waals surface area contributed by atoms with Gasteiger partial charge in [0.25, 0.3) is 0 Å². The fourth-order valence-electron chi connectivity index (χ4n) is 1.54. The minimum Gasteiger partial charge on any atom is -0.393 e. The molecular weight excluding hydrogens is 170 g/mol. The maximum atomic E-state index is 11.2. The van der Waals surface area contributed by atoms with Gasteiger partial charge < -0.3 is 15.1 Å². The molecule has 1 heterocycles. The number of carbonyl (C=O) groups is 1. The number of rotatable bonds is 4. The molecule has 1 fully saturated rings. The van der Waals surface area contributed by atoms with Crippen LogP contribution in [0.5, 0.6) is 0 Å². The fraction of sp³-hybridized carbons (Fsp3) is 0.889. The molecule has 76 valence electrons. The number of carbonyl (C=O) groups excluding carboxylic acids is 1. The number of β-amino-alcohol motifs (C(OH)–C–C–N with tert-alkyl or cyclic N) is 1. The first kappa shape index (κ1) is 10.5. The van der Waals surface area contributed by atoms with Crippen molar-refractivity contribution in [3.8, 4) is 0 Å². The van der Waals surface area contributed by atoms with Crippen molar-refractivity contribution in [2.24, 2.45) is 0 Å². The number of hydrogen-bond donors (Lipinski definition) is 2. The highest BCUT2D eigenvalue weighted by atomic mass is 16.3. The number of amides is 1. The number of nitrogens with zero attached hydrogens (tertiary/aromatic N) is 1. The summed E-state index contributed by atoms with van der Waals surface area (Å²) in [4.78, 5) is 12.8. The smallest absolute Gasteiger partial charge is 0.225 e. The Balaban J connectivity index is 2.18. The summed E-state index contributed by atoms with van der Waals surface area (Å²) in [6, 6.07) is 0. The van der Waals surface area contributed by atoms with Crippen molar-refractivity contribution < 1.29 is 15.0 Å². The molecule has 1 aliphatic rings. The Morgan fingerprint density at radius 1 is 1.69 bits per heavy atom. The minimum absolute atomic E-state index is 0.0260. The van der Waals surface area contributed by atoms with Crippen molar-refractivity contribution in [1.82, 2.24) is 4.90 Å². The first-order valence-electron chi connectivity index (χ1n) is 4.73. The Morgan fingerprint density at radius 2 is 2.38 bits per heavy atom. The molecule has 0 bridgehead atoms.